The van der Waals surface area contributed by atoms with Crippen LogP contribution in [-0.2, 0) is 9.53 Å². The van der Waals surface area contributed by atoms with Crippen molar-refractivity contribution >= 4 is 11.9 Å². The molecule has 0 fully saturated rings. The maximum absolute atomic E-state index is 11.0. The molecule has 5 heteroatoms. The van der Waals surface area contributed by atoms with E-state index in [2.05, 4.69) is 17.2 Å². The summed E-state index contributed by atoms with van der Waals surface area (Å²) in [7, 11) is 0. The number of nitrogens with two attached hydrogens (primary N) is 1. The van der Waals surface area contributed by atoms with Gasteiger partial charge in [0.25, 0.3) is 0 Å². The second kappa shape index (κ2) is 10.3. The summed E-state index contributed by atoms with van der Waals surface area (Å²) in [4.78, 5) is 15.1. The SMILES string of the molecule is CCCCNC(N)=NCCCC(=O)OCC. The number of guanidine groups is 1. The molecule has 0 aliphatic heterocycles. The first-order valence-corrected chi connectivity index (χ1v) is 5.90. The Labute approximate surface area is 97.4 Å². The summed E-state index contributed by atoms with van der Waals surface area (Å²) in [6.07, 6.45) is 3.29. The van der Waals surface area contributed by atoms with Gasteiger partial charge in [-0.05, 0) is 19.8 Å². The number of hydrogen-bond donors (Lipinski definition) is 2. The molecule has 0 amide bonds. The van der Waals surface area contributed by atoms with Crippen molar-refractivity contribution in [3.05, 3.63) is 0 Å². The molecule has 0 aliphatic rings. The number of rotatable bonds is 8. The molecule has 3 N–H and O–H groups in total. The molecule has 0 saturated heterocycles. The quantitative estimate of drug-likeness (QED) is 0.282. The number of esters is 1. The minimum absolute atomic E-state index is 0.171. The lowest BCUT2D eigenvalue weighted by Gasteiger charge is -2.04. The lowest BCUT2D eigenvalue weighted by atomic mass is 10.3. The molecule has 0 heterocycles. The van der Waals surface area contributed by atoms with Crippen molar-refractivity contribution in [2.45, 2.75) is 39.5 Å². The molecule has 0 radical (unpaired) electrons. The van der Waals surface area contributed by atoms with Crippen LogP contribution in [0.15, 0.2) is 4.99 Å². The Hall–Kier alpha value is -1.26. The van der Waals surface area contributed by atoms with Crippen molar-refractivity contribution < 1.29 is 9.53 Å². The Morgan fingerprint density at radius 1 is 1.38 bits per heavy atom. The monoisotopic (exact) mass is 229 g/mol. The number of carbonyl (C=O) groups excluding carboxylic acids is 1. The lowest BCUT2D eigenvalue weighted by Crippen LogP contribution is -2.32. The van der Waals surface area contributed by atoms with Crippen LogP contribution in [0.1, 0.15) is 39.5 Å². The Kier molecular flexibility index (Phi) is 9.46. The number of ether oxygens (including phenoxy) is 1. The zero-order chi connectivity index (χ0) is 12.2. The Morgan fingerprint density at radius 3 is 2.75 bits per heavy atom. The molecule has 0 rings (SSSR count). The first-order valence-electron chi connectivity index (χ1n) is 5.90. The van der Waals surface area contributed by atoms with Crippen molar-refractivity contribution in [3.8, 4) is 0 Å². The standard InChI is InChI=1S/C11H23N3O2/c1-3-5-8-13-11(12)14-9-6-7-10(15)16-4-2/h3-9H2,1-2H3,(H3,12,13,14). The van der Waals surface area contributed by atoms with Gasteiger partial charge in [-0.2, -0.15) is 0 Å². The van der Waals surface area contributed by atoms with E-state index in [0.717, 1.165) is 19.4 Å². The third-order valence-electron chi connectivity index (χ3n) is 1.96. The van der Waals surface area contributed by atoms with E-state index >= 15 is 0 Å². The second-order valence-corrected chi connectivity index (χ2v) is 3.46. The number of aliphatic imine (C=N–C) groups is 1. The molecule has 0 bridgehead atoms. The van der Waals surface area contributed by atoms with E-state index in [4.69, 9.17) is 10.5 Å². The number of hydrogen-bond acceptors (Lipinski definition) is 3. The van der Waals surface area contributed by atoms with Gasteiger partial charge >= 0.3 is 5.97 Å². The maximum Gasteiger partial charge on any atom is 0.305 e. The smallest absolute Gasteiger partial charge is 0.305 e. The largest absolute Gasteiger partial charge is 0.466 e. The van der Waals surface area contributed by atoms with Crippen LogP contribution in [-0.4, -0.2) is 31.6 Å². The molecule has 0 aromatic heterocycles. The highest BCUT2D eigenvalue weighted by atomic mass is 16.5. The zero-order valence-electron chi connectivity index (χ0n) is 10.3. The second-order valence-electron chi connectivity index (χ2n) is 3.46. The molecule has 0 aromatic carbocycles. The van der Waals surface area contributed by atoms with Crippen LogP contribution in [0.5, 0.6) is 0 Å². The van der Waals surface area contributed by atoms with E-state index < -0.39 is 0 Å². The van der Waals surface area contributed by atoms with E-state index in [-0.39, 0.29) is 5.97 Å². The van der Waals surface area contributed by atoms with Crippen LogP contribution < -0.4 is 11.1 Å². The summed E-state index contributed by atoms with van der Waals surface area (Å²) in [5.41, 5.74) is 5.61. The molecule has 0 unspecified atom stereocenters. The topological polar surface area (TPSA) is 76.7 Å². The fourth-order valence-electron chi connectivity index (χ4n) is 1.11. The van der Waals surface area contributed by atoms with Gasteiger partial charge in [0.15, 0.2) is 5.96 Å². The van der Waals surface area contributed by atoms with Gasteiger partial charge in [-0.1, -0.05) is 13.3 Å². The minimum Gasteiger partial charge on any atom is -0.466 e. The van der Waals surface area contributed by atoms with E-state index in [0.29, 0.717) is 32.0 Å². The Balaban J connectivity index is 3.47. The molecule has 0 atom stereocenters. The molecule has 16 heavy (non-hydrogen) atoms. The number of unbranched alkanes of at least 4 members (excludes halogenated alkanes) is 1. The van der Waals surface area contributed by atoms with Crippen molar-refractivity contribution in [1.29, 1.82) is 0 Å². The predicted octanol–water partition coefficient (Wildman–Crippen LogP) is 1.03. The van der Waals surface area contributed by atoms with Gasteiger partial charge in [0, 0.05) is 19.5 Å². The fraction of sp³-hybridized carbons (Fsp3) is 0.818. The summed E-state index contributed by atoms with van der Waals surface area (Å²) in [6.45, 7) is 5.76. The summed E-state index contributed by atoms with van der Waals surface area (Å²) >= 11 is 0. The van der Waals surface area contributed by atoms with E-state index in [1.165, 1.54) is 0 Å². The van der Waals surface area contributed by atoms with Crippen molar-refractivity contribution in [2.75, 3.05) is 19.7 Å². The predicted molar refractivity (Wildman–Crippen MR) is 65.3 cm³/mol. The highest BCUT2D eigenvalue weighted by Gasteiger charge is 1.99. The number of nitrogens with one attached hydrogen (secondary N) is 1. The molecule has 0 aliphatic carbocycles. The summed E-state index contributed by atoms with van der Waals surface area (Å²) in [5.74, 6) is 0.285. The molecule has 94 valence electrons. The van der Waals surface area contributed by atoms with E-state index in [1.807, 2.05) is 0 Å². The average molecular weight is 229 g/mol. The zero-order valence-corrected chi connectivity index (χ0v) is 10.3. The van der Waals surface area contributed by atoms with Gasteiger partial charge in [0.1, 0.15) is 0 Å². The Bertz CT molecular complexity index is 217. The van der Waals surface area contributed by atoms with Gasteiger partial charge in [0.2, 0.25) is 0 Å². The van der Waals surface area contributed by atoms with Crippen LogP contribution in [0, 0.1) is 0 Å². The van der Waals surface area contributed by atoms with Crippen LogP contribution in [0.25, 0.3) is 0 Å². The van der Waals surface area contributed by atoms with Gasteiger partial charge < -0.3 is 15.8 Å². The van der Waals surface area contributed by atoms with Crippen LogP contribution >= 0.6 is 0 Å². The molecular weight excluding hydrogens is 206 g/mol. The van der Waals surface area contributed by atoms with E-state index in [1.54, 1.807) is 6.92 Å². The third kappa shape index (κ3) is 9.30. The summed E-state index contributed by atoms with van der Waals surface area (Å²) in [6, 6.07) is 0. The van der Waals surface area contributed by atoms with Gasteiger partial charge in [-0.15, -0.1) is 0 Å². The molecule has 5 nitrogen and oxygen atoms in total. The summed E-state index contributed by atoms with van der Waals surface area (Å²) in [5, 5.41) is 3.01. The highest BCUT2D eigenvalue weighted by molar-refractivity contribution is 5.77. The normalized spacial score (nSPS) is 11.2. The van der Waals surface area contributed by atoms with Gasteiger partial charge in [-0.25, -0.2) is 0 Å². The Morgan fingerprint density at radius 2 is 2.12 bits per heavy atom. The van der Waals surface area contributed by atoms with Crippen molar-refractivity contribution in [3.63, 3.8) is 0 Å². The van der Waals surface area contributed by atoms with E-state index in [9.17, 15) is 4.79 Å². The maximum atomic E-state index is 11.0. The molecular formula is C11H23N3O2. The van der Waals surface area contributed by atoms with Crippen LogP contribution in [0.4, 0.5) is 0 Å². The average Bonchev–Trinajstić information content (AvgIpc) is 2.25. The fourth-order valence-corrected chi connectivity index (χ4v) is 1.11. The first kappa shape index (κ1) is 14.7. The molecule has 0 aromatic rings. The van der Waals surface area contributed by atoms with Crippen LogP contribution in [0.3, 0.4) is 0 Å². The molecule has 0 spiro atoms. The minimum atomic E-state index is -0.171. The van der Waals surface area contributed by atoms with Crippen molar-refractivity contribution in [1.82, 2.24) is 5.32 Å². The van der Waals surface area contributed by atoms with Gasteiger partial charge in [-0.3, -0.25) is 9.79 Å². The number of nitrogens with zero attached hydrogens (tertiary/aromatic N) is 1. The number of carbonyl (C=O) groups is 1. The van der Waals surface area contributed by atoms with Gasteiger partial charge in [0.05, 0.1) is 6.61 Å². The van der Waals surface area contributed by atoms with Crippen molar-refractivity contribution in [2.24, 2.45) is 10.7 Å². The summed E-state index contributed by atoms with van der Waals surface area (Å²) < 4.78 is 4.79. The first-order chi connectivity index (χ1) is 7.70. The highest BCUT2D eigenvalue weighted by Crippen LogP contribution is 1.93. The third-order valence-corrected chi connectivity index (χ3v) is 1.96. The lowest BCUT2D eigenvalue weighted by molar-refractivity contribution is -0.143. The van der Waals surface area contributed by atoms with Crippen LogP contribution in [0.2, 0.25) is 0 Å². The molecule has 0 saturated carbocycles.